The van der Waals surface area contributed by atoms with Gasteiger partial charge in [0, 0.05) is 17.9 Å². The van der Waals surface area contributed by atoms with E-state index in [0.29, 0.717) is 22.2 Å². The van der Waals surface area contributed by atoms with Crippen LogP contribution >= 0.6 is 0 Å². The monoisotopic (exact) mass is 1110 g/mol. The highest BCUT2D eigenvalue weighted by Gasteiger charge is 2.54. The highest BCUT2D eigenvalue weighted by molar-refractivity contribution is 5.76. The maximum Gasteiger partial charge on any atom is 0.341 e. The summed E-state index contributed by atoms with van der Waals surface area (Å²) in [5.74, 6) is -2.58. The van der Waals surface area contributed by atoms with Gasteiger partial charge in [-0.3, -0.25) is 4.79 Å². The Morgan fingerprint density at radius 3 is 2.16 bits per heavy atom. The molecule has 3 aliphatic heterocycles. The van der Waals surface area contributed by atoms with E-state index < -0.39 is 160 Å². The molecule has 1 amide bonds. The van der Waals surface area contributed by atoms with Gasteiger partial charge in [0.25, 0.3) is 0 Å². The van der Waals surface area contributed by atoms with E-state index in [-0.39, 0.29) is 37.4 Å². The number of para-hydroxylation sites is 1. The van der Waals surface area contributed by atoms with Crippen LogP contribution in [0.15, 0.2) is 76.1 Å². The second-order valence-corrected chi connectivity index (χ2v) is 21.3. The Morgan fingerprint density at radius 1 is 0.759 bits per heavy atom. The Hall–Kier alpha value is -4.91. The fourth-order valence-corrected chi connectivity index (χ4v) is 11.5. The summed E-state index contributed by atoms with van der Waals surface area (Å²) in [5, 5.41) is 112. The van der Waals surface area contributed by atoms with Crippen LogP contribution in [0.5, 0.6) is 0 Å². The number of aliphatic carboxylic acids is 1. The van der Waals surface area contributed by atoms with E-state index in [1.807, 2.05) is 30.3 Å². The fraction of sp³-hybridized carbons (Fsp3) is 0.648. The smallest absolute Gasteiger partial charge is 0.341 e. The van der Waals surface area contributed by atoms with Crippen LogP contribution in [0.25, 0.3) is 22.2 Å². The van der Waals surface area contributed by atoms with Gasteiger partial charge in [0.05, 0.1) is 56.4 Å². The highest BCUT2D eigenvalue weighted by Crippen LogP contribution is 2.42. The summed E-state index contributed by atoms with van der Waals surface area (Å²) in [6.07, 6.45) is -19.4. The van der Waals surface area contributed by atoms with Crippen molar-refractivity contribution in [1.29, 1.82) is 0 Å². The molecular weight excluding hydrogens is 1040 g/mol. The van der Waals surface area contributed by atoms with Crippen molar-refractivity contribution in [3.8, 4) is 11.3 Å². The largest absolute Gasteiger partial charge is 0.479 e. The predicted octanol–water partition coefficient (Wildman–Crippen LogP) is 0.0331. The minimum absolute atomic E-state index is 0.0127. The van der Waals surface area contributed by atoms with Crippen molar-refractivity contribution in [3.63, 3.8) is 0 Å². The van der Waals surface area contributed by atoms with E-state index >= 15 is 0 Å². The predicted molar refractivity (Wildman–Crippen MR) is 271 cm³/mol. The molecule has 5 aliphatic rings. The first kappa shape index (κ1) is 58.7. The van der Waals surface area contributed by atoms with Gasteiger partial charge in [-0.05, 0) is 50.2 Å². The standard InChI is InChI=1S/C54H72N4O21/c1-26-41(62)44(65)45(66)54(73-26)79-47-34(58-21-33(56-57-58)30-13-7-4-8-14-30)17-29(24-72-53-46(67)49(43(64)39(23-60)78-53)71-25-32-20-31-15-9-10-16-35(31)75-51(32)70)19-36(47)76-52-40(55-27(2)61)48(42(63)38(22-59)77-52)74-37(50(68)69)18-28-11-5-3-6-12-28/h4,7-10,13-16,20-21,26,28-29,34,36-49,52-54,59-60,62-67H,3,5-6,11-12,17-19,22-25H2,1-2H3,(H,55,61)(H,68,69)/t26?,29?,34?,36-,37+,38?,39?,40?,41-,42+,43-,44?,45?,46?,47?,48?,49+,52-,53+,54+/m1/s1. The molecule has 2 aromatic heterocycles. The molecule has 10 N–H and O–H groups in total. The summed E-state index contributed by atoms with van der Waals surface area (Å²) in [4.78, 5) is 38.9. The third-order valence-corrected chi connectivity index (χ3v) is 15.8. The van der Waals surface area contributed by atoms with Crippen molar-refractivity contribution in [1.82, 2.24) is 20.3 Å². The van der Waals surface area contributed by atoms with Gasteiger partial charge in [0.15, 0.2) is 25.0 Å². The number of ether oxygens (including phenoxy) is 8. The average Bonchev–Trinajstić information content (AvgIpc) is 3.98. The minimum atomic E-state index is -1.81. The third-order valence-electron chi connectivity index (χ3n) is 15.8. The molecule has 9 rings (SSSR count). The number of carbonyl (C=O) groups excluding carboxylic acids is 1. The molecule has 25 heteroatoms. The van der Waals surface area contributed by atoms with Gasteiger partial charge in [0.1, 0.15) is 84.5 Å². The molecule has 0 spiro atoms. The number of aromatic nitrogens is 3. The molecule has 5 heterocycles. The number of hydrogen-bond donors (Lipinski definition) is 10. The first-order valence-corrected chi connectivity index (χ1v) is 27.0. The van der Waals surface area contributed by atoms with Gasteiger partial charge in [0.2, 0.25) is 5.91 Å². The Kier molecular flexibility index (Phi) is 19.6. The highest BCUT2D eigenvalue weighted by atomic mass is 16.7. The van der Waals surface area contributed by atoms with Crippen molar-refractivity contribution in [3.05, 3.63) is 82.8 Å². The topological polar surface area (TPSA) is 363 Å². The van der Waals surface area contributed by atoms with Crippen molar-refractivity contribution < 1.29 is 97.9 Å². The molecule has 2 aromatic carbocycles. The van der Waals surface area contributed by atoms with Gasteiger partial charge in [-0.25, -0.2) is 14.3 Å². The summed E-state index contributed by atoms with van der Waals surface area (Å²) in [5.41, 5.74) is 0.883. The van der Waals surface area contributed by atoms with Crippen LogP contribution in [0.2, 0.25) is 0 Å². The molecule has 3 saturated heterocycles. The van der Waals surface area contributed by atoms with Gasteiger partial charge in [-0.2, -0.15) is 0 Å². The van der Waals surface area contributed by atoms with E-state index in [0.717, 1.165) is 32.1 Å². The van der Waals surface area contributed by atoms with Gasteiger partial charge < -0.3 is 93.6 Å². The number of carboxylic acid groups (broad SMARTS) is 1. The molecule has 79 heavy (non-hydrogen) atoms. The number of aliphatic hydroxyl groups is 8. The number of rotatable bonds is 20. The second kappa shape index (κ2) is 26.3. The molecule has 434 valence electrons. The summed E-state index contributed by atoms with van der Waals surface area (Å²) < 4.78 is 57.2. The zero-order valence-electron chi connectivity index (χ0n) is 43.7. The molecule has 25 nitrogen and oxygen atoms in total. The average molecular weight is 1110 g/mol. The van der Waals surface area contributed by atoms with Crippen molar-refractivity contribution in [2.24, 2.45) is 11.8 Å². The lowest BCUT2D eigenvalue weighted by molar-refractivity contribution is -0.340. The number of carbonyl (C=O) groups is 2. The fourth-order valence-electron chi connectivity index (χ4n) is 11.5. The van der Waals surface area contributed by atoms with Crippen LogP contribution in [0.4, 0.5) is 0 Å². The Bertz CT molecular complexity index is 2680. The number of nitrogens with zero attached hydrogens (tertiary/aromatic N) is 3. The van der Waals surface area contributed by atoms with Crippen molar-refractivity contribution in [2.75, 3.05) is 19.8 Å². The number of fused-ring (bicyclic) bond motifs is 1. The first-order valence-electron chi connectivity index (χ1n) is 27.0. The summed E-state index contributed by atoms with van der Waals surface area (Å²) in [6.45, 7) is 0.494. The van der Waals surface area contributed by atoms with Crippen molar-refractivity contribution >= 4 is 22.8 Å². The maximum absolute atomic E-state index is 13.1. The SMILES string of the molecule is CC(=O)NC1C(O[C@@H](CC2CCCCC2)C(=O)O)[C@@H](O)C(CO)O[C@H]1O[C@@H]1CC(CO[C@H]2OC(CO)[C@@H](O)[C@H](OCc3cc4ccccc4oc3=O)C2O)CC(n2cc(-c3ccccc3)nn2)C1O[C@@H]1OC(C)[C@@H](O)C(O)C1O. The number of amides is 1. The lowest BCUT2D eigenvalue weighted by Crippen LogP contribution is -2.67. The van der Waals surface area contributed by atoms with Gasteiger partial charge >= 0.3 is 11.6 Å². The van der Waals surface area contributed by atoms with Crippen LogP contribution < -0.4 is 10.9 Å². The normalized spacial score (nSPS) is 35.9. The quantitative estimate of drug-likeness (QED) is 0.0522. The molecule has 4 aromatic rings. The number of hydrogen-bond acceptors (Lipinski definition) is 22. The number of nitrogens with one attached hydrogen (secondary N) is 1. The van der Waals surface area contributed by atoms with E-state index in [2.05, 4.69) is 15.6 Å². The number of carboxylic acids is 1. The zero-order chi connectivity index (χ0) is 56.1. The van der Waals surface area contributed by atoms with Crippen LogP contribution in [-0.2, 0) is 54.1 Å². The zero-order valence-corrected chi connectivity index (χ0v) is 43.7. The van der Waals surface area contributed by atoms with Crippen LogP contribution in [0.3, 0.4) is 0 Å². The first-order chi connectivity index (χ1) is 38.0. The Labute approximate surface area is 453 Å². The molecule has 2 aliphatic carbocycles. The Morgan fingerprint density at radius 2 is 1.46 bits per heavy atom. The molecule has 20 atom stereocenters. The molecule has 2 saturated carbocycles. The van der Waals surface area contributed by atoms with Crippen LogP contribution in [0, 0.1) is 11.8 Å². The van der Waals surface area contributed by atoms with E-state index in [9.17, 15) is 60.3 Å². The van der Waals surface area contributed by atoms with Gasteiger partial charge in [-0.15, -0.1) is 5.10 Å². The lowest BCUT2D eigenvalue weighted by atomic mass is 9.81. The molecule has 0 radical (unpaired) electrons. The van der Waals surface area contributed by atoms with E-state index in [1.54, 1.807) is 36.5 Å². The maximum atomic E-state index is 13.1. The summed E-state index contributed by atoms with van der Waals surface area (Å²) in [6, 6.07) is 15.1. The molecule has 11 unspecified atom stereocenters. The van der Waals surface area contributed by atoms with Crippen LogP contribution in [0.1, 0.15) is 76.8 Å². The second-order valence-electron chi connectivity index (χ2n) is 21.3. The lowest BCUT2D eigenvalue weighted by Gasteiger charge is -2.49. The summed E-state index contributed by atoms with van der Waals surface area (Å²) >= 11 is 0. The molecule has 5 fully saturated rings. The number of aliphatic hydroxyl groups excluding tert-OH is 8. The van der Waals surface area contributed by atoms with E-state index in [1.165, 1.54) is 18.5 Å². The van der Waals surface area contributed by atoms with E-state index in [4.69, 9.17) is 42.3 Å². The Balaban J connectivity index is 1.04. The molecular formula is C54H72N4O21. The van der Waals surface area contributed by atoms with Crippen LogP contribution in [-0.4, -0.2) is 203 Å². The molecule has 0 bridgehead atoms. The summed E-state index contributed by atoms with van der Waals surface area (Å²) in [7, 11) is 0. The van der Waals surface area contributed by atoms with Gasteiger partial charge in [-0.1, -0.05) is 85.8 Å². The number of benzene rings is 2. The minimum Gasteiger partial charge on any atom is -0.479 e. The van der Waals surface area contributed by atoms with Crippen molar-refractivity contribution in [2.45, 2.75) is 188 Å². The third kappa shape index (κ3) is 13.6.